The predicted molar refractivity (Wildman–Crippen MR) is 78.2 cm³/mol. The zero-order valence-corrected chi connectivity index (χ0v) is 11.9. The molecule has 1 saturated heterocycles. The van der Waals surface area contributed by atoms with E-state index < -0.39 is 0 Å². The number of likely N-dealkylation sites (tertiary alicyclic amines) is 1. The van der Waals surface area contributed by atoms with Gasteiger partial charge in [-0.25, -0.2) is 0 Å². The molecule has 2 rings (SSSR count). The van der Waals surface area contributed by atoms with Crippen molar-refractivity contribution in [1.29, 1.82) is 0 Å². The number of piperidine rings is 1. The summed E-state index contributed by atoms with van der Waals surface area (Å²) >= 11 is 0. The molecule has 0 amide bonds. The number of nitrogens with two attached hydrogens (primary N) is 2. The first-order chi connectivity index (χ1) is 9.07. The first-order valence-electron chi connectivity index (χ1n) is 6.98. The molecule has 0 bridgehead atoms. The molecule has 0 aliphatic carbocycles. The predicted octanol–water partition coefficient (Wildman–Crippen LogP) is 1.43. The van der Waals surface area contributed by atoms with Crippen molar-refractivity contribution in [1.82, 2.24) is 15.3 Å². The Balaban J connectivity index is 2.27. The molecule has 19 heavy (non-hydrogen) atoms. The van der Waals surface area contributed by atoms with Gasteiger partial charge in [0.05, 0.1) is 6.04 Å². The van der Waals surface area contributed by atoms with Crippen molar-refractivity contribution in [2.75, 3.05) is 18.8 Å². The number of aromatic nitrogens is 1. The molecule has 1 unspecified atom stereocenters. The summed E-state index contributed by atoms with van der Waals surface area (Å²) in [5.41, 5.74) is 10.6. The third-order valence-electron chi connectivity index (χ3n) is 4.24. The number of nitrogen functional groups attached to an aromatic ring is 1. The van der Waals surface area contributed by atoms with Crippen molar-refractivity contribution >= 4 is 5.69 Å². The maximum atomic E-state index is 6.07. The lowest BCUT2D eigenvalue weighted by molar-refractivity contribution is 0.0609. The molecule has 1 aromatic rings. The molecule has 2 heterocycles. The number of nitrogens with one attached hydrogen (secondary N) is 1. The van der Waals surface area contributed by atoms with Crippen LogP contribution in [0.1, 0.15) is 44.7 Å². The van der Waals surface area contributed by atoms with Crippen LogP contribution >= 0.6 is 0 Å². The number of hydrogen-bond donors (Lipinski definition) is 3. The Morgan fingerprint density at radius 1 is 1.32 bits per heavy atom. The molecule has 0 spiro atoms. The lowest BCUT2D eigenvalue weighted by Gasteiger charge is -2.46. The first-order valence-corrected chi connectivity index (χ1v) is 6.98. The molecule has 0 aromatic carbocycles. The molecule has 1 aliphatic rings. The lowest BCUT2D eigenvalue weighted by atomic mass is 9.86. The maximum absolute atomic E-state index is 6.07. The van der Waals surface area contributed by atoms with Gasteiger partial charge in [-0.05, 0) is 45.8 Å². The second kappa shape index (κ2) is 5.86. The molecular weight excluding hydrogens is 238 g/mol. The Labute approximate surface area is 115 Å². The standard InChI is InChI=1S/C14H25N5/c1-14(2,19-8-4-3-5-9-19)13(18-16)11-10-17-7-6-12(11)15/h6-7,10,13,18H,3-5,8-9,16H2,1-2H3,(H2,15,17). The molecule has 5 N–H and O–H groups in total. The van der Waals surface area contributed by atoms with E-state index in [0.717, 1.165) is 24.3 Å². The fourth-order valence-corrected chi connectivity index (χ4v) is 2.99. The zero-order valence-electron chi connectivity index (χ0n) is 11.9. The number of hydrogen-bond acceptors (Lipinski definition) is 5. The summed E-state index contributed by atoms with van der Waals surface area (Å²) in [6.45, 7) is 6.67. The third-order valence-corrected chi connectivity index (χ3v) is 4.24. The highest BCUT2D eigenvalue weighted by atomic mass is 15.3. The Kier molecular flexibility index (Phi) is 4.39. The molecular formula is C14H25N5. The Morgan fingerprint density at radius 3 is 2.58 bits per heavy atom. The second-order valence-corrected chi connectivity index (χ2v) is 5.81. The van der Waals surface area contributed by atoms with Gasteiger partial charge in [-0.3, -0.25) is 21.2 Å². The molecule has 0 radical (unpaired) electrons. The topological polar surface area (TPSA) is 80.2 Å². The van der Waals surface area contributed by atoms with E-state index in [4.69, 9.17) is 11.6 Å². The van der Waals surface area contributed by atoms with Crippen LogP contribution in [0.5, 0.6) is 0 Å². The lowest BCUT2D eigenvalue weighted by Crippen LogP contribution is -2.55. The Morgan fingerprint density at radius 2 is 2.00 bits per heavy atom. The van der Waals surface area contributed by atoms with Crippen LogP contribution in [0.2, 0.25) is 0 Å². The van der Waals surface area contributed by atoms with Gasteiger partial charge in [-0.1, -0.05) is 6.42 Å². The van der Waals surface area contributed by atoms with Gasteiger partial charge in [0, 0.05) is 29.2 Å². The van der Waals surface area contributed by atoms with Crippen LogP contribution in [-0.4, -0.2) is 28.5 Å². The molecule has 1 aliphatic heterocycles. The van der Waals surface area contributed by atoms with E-state index in [2.05, 4.69) is 29.2 Å². The van der Waals surface area contributed by atoms with Gasteiger partial charge in [0.2, 0.25) is 0 Å². The second-order valence-electron chi connectivity index (χ2n) is 5.81. The largest absolute Gasteiger partial charge is 0.398 e. The highest BCUT2D eigenvalue weighted by molar-refractivity contribution is 5.47. The first kappa shape index (κ1) is 14.2. The summed E-state index contributed by atoms with van der Waals surface area (Å²) in [5.74, 6) is 5.81. The van der Waals surface area contributed by atoms with Gasteiger partial charge < -0.3 is 5.73 Å². The summed E-state index contributed by atoms with van der Waals surface area (Å²) in [5, 5.41) is 0. The van der Waals surface area contributed by atoms with E-state index in [9.17, 15) is 0 Å². The highest BCUT2D eigenvalue weighted by Crippen LogP contribution is 2.34. The van der Waals surface area contributed by atoms with Crippen molar-refractivity contribution in [3.8, 4) is 0 Å². The fourth-order valence-electron chi connectivity index (χ4n) is 2.99. The number of nitrogens with zero attached hydrogens (tertiary/aromatic N) is 2. The van der Waals surface area contributed by atoms with Gasteiger partial charge in [0.1, 0.15) is 0 Å². The summed E-state index contributed by atoms with van der Waals surface area (Å²) in [4.78, 5) is 6.67. The monoisotopic (exact) mass is 263 g/mol. The van der Waals surface area contributed by atoms with Crippen molar-refractivity contribution in [3.63, 3.8) is 0 Å². The molecule has 106 valence electrons. The van der Waals surface area contributed by atoms with E-state index in [1.807, 2.05) is 12.3 Å². The third kappa shape index (κ3) is 2.88. The average molecular weight is 263 g/mol. The smallest absolute Gasteiger partial charge is 0.0673 e. The Bertz CT molecular complexity index is 412. The molecule has 1 atom stereocenters. The van der Waals surface area contributed by atoms with E-state index >= 15 is 0 Å². The summed E-state index contributed by atoms with van der Waals surface area (Å²) in [7, 11) is 0. The molecule has 5 nitrogen and oxygen atoms in total. The molecule has 1 aromatic heterocycles. The fraction of sp³-hybridized carbons (Fsp3) is 0.643. The van der Waals surface area contributed by atoms with Crippen LogP contribution in [-0.2, 0) is 0 Å². The minimum atomic E-state index is -0.0909. The SMILES string of the molecule is CC(C)(C(NN)c1cnccc1N)N1CCCCC1. The van der Waals surface area contributed by atoms with Gasteiger partial charge in [-0.15, -0.1) is 0 Å². The number of anilines is 1. The Hall–Kier alpha value is -1.17. The van der Waals surface area contributed by atoms with E-state index in [1.165, 1.54) is 19.3 Å². The van der Waals surface area contributed by atoms with Crippen molar-refractivity contribution in [2.24, 2.45) is 5.84 Å². The van der Waals surface area contributed by atoms with Crippen LogP contribution in [0.4, 0.5) is 5.69 Å². The van der Waals surface area contributed by atoms with Gasteiger partial charge in [0.25, 0.3) is 0 Å². The van der Waals surface area contributed by atoms with Crippen LogP contribution < -0.4 is 17.0 Å². The van der Waals surface area contributed by atoms with Crippen LogP contribution in [0.25, 0.3) is 0 Å². The highest BCUT2D eigenvalue weighted by Gasteiger charge is 2.37. The molecule has 1 fully saturated rings. The van der Waals surface area contributed by atoms with Crippen LogP contribution in [0.3, 0.4) is 0 Å². The van der Waals surface area contributed by atoms with Crippen molar-refractivity contribution in [2.45, 2.75) is 44.7 Å². The molecule has 0 saturated carbocycles. The average Bonchev–Trinajstić information content (AvgIpc) is 2.42. The van der Waals surface area contributed by atoms with E-state index in [-0.39, 0.29) is 11.6 Å². The minimum Gasteiger partial charge on any atom is -0.398 e. The summed E-state index contributed by atoms with van der Waals surface area (Å²) < 4.78 is 0. The van der Waals surface area contributed by atoms with Crippen LogP contribution in [0.15, 0.2) is 18.5 Å². The summed E-state index contributed by atoms with van der Waals surface area (Å²) in [6, 6.07) is 1.80. The minimum absolute atomic E-state index is 0.0284. The van der Waals surface area contributed by atoms with Crippen molar-refractivity contribution in [3.05, 3.63) is 24.0 Å². The molecule has 5 heteroatoms. The van der Waals surface area contributed by atoms with Gasteiger partial charge in [-0.2, -0.15) is 0 Å². The van der Waals surface area contributed by atoms with Gasteiger partial charge >= 0.3 is 0 Å². The maximum Gasteiger partial charge on any atom is 0.0673 e. The quantitative estimate of drug-likeness (QED) is 0.565. The number of rotatable bonds is 4. The van der Waals surface area contributed by atoms with E-state index in [0.29, 0.717) is 0 Å². The number of hydrazine groups is 1. The van der Waals surface area contributed by atoms with Crippen LogP contribution in [0, 0.1) is 0 Å². The zero-order chi connectivity index (χ0) is 13.9. The van der Waals surface area contributed by atoms with E-state index in [1.54, 1.807) is 6.20 Å². The summed E-state index contributed by atoms with van der Waals surface area (Å²) in [6.07, 6.45) is 7.35. The normalized spacial score (nSPS) is 19.3. The number of pyridine rings is 1. The van der Waals surface area contributed by atoms with Gasteiger partial charge in [0.15, 0.2) is 0 Å². The van der Waals surface area contributed by atoms with Crippen molar-refractivity contribution < 1.29 is 0 Å².